The highest BCUT2D eigenvalue weighted by atomic mass is 32.2. The Hall–Kier alpha value is -3.50. The van der Waals surface area contributed by atoms with E-state index in [0.717, 1.165) is 4.90 Å². The highest BCUT2D eigenvalue weighted by molar-refractivity contribution is 8.17. The Morgan fingerprint density at radius 1 is 0.655 bits per heavy atom. The lowest BCUT2D eigenvalue weighted by atomic mass is 10.2. The van der Waals surface area contributed by atoms with Crippen LogP contribution in [-0.2, 0) is 0 Å². The Morgan fingerprint density at radius 2 is 1.21 bits per heavy atom. The molecule has 1 N–H and O–H groups in total. The summed E-state index contributed by atoms with van der Waals surface area (Å²) in [4.78, 5) is 16.0. The van der Waals surface area contributed by atoms with Gasteiger partial charge in [0.1, 0.15) is 17.1 Å². The molecule has 4 heteroatoms. The van der Waals surface area contributed by atoms with Gasteiger partial charge in [-0.25, -0.2) is 4.79 Å². The van der Waals surface area contributed by atoms with E-state index in [2.05, 4.69) is 30.3 Å². The smallest absolute Gasteiger partial charge is 0.347 e. The summed E-state index contributed by atoms with van der Waals surface area (Å²) in [5.74, 6) is -0.219. The molecule has 0 aliphatic carbocycles. The molecule has 0 saturated heterocycles. The van der Waals surface area contributed by atoms with Crippen molar-refractivity contribution in [2.24, 2.45) is 0 Å². The predicted molar refractivity (Wildman–Crippen MR) is 116 cm³/mol. The summed E-state index contributed by atoms with van der Waals surface area (Å²) >= 11 is 0. The van der Waals surface area contributed by atoms with Gasteiger partial charge in [-0.1, -0.05) is 54.6 Å². The van der Waals surface area contributed by atoms with Crippen LogP contribution in [0.4, 0.5) is 0 Å². The van der Waals surface area contributed by atoms with E-state index in [4.69, 9.17) is 4.74 Å². The summed E-state index contributed by atoms with van der Waals surface area (Å²) in [6.07, 6.45) is 0. The van der Waals surface area contributed by atoms with Crippen LogP contribution in [-0.4, -0.2) is 11.1 Å². The lowest BCUT2D eigenvalue weighted by Crippen LogP contribution is -2.08. The second-order valence-corrected chi connectivity index (χ2v) is 8.63. The molecule has 0 unspecified atom stereocenters. The third kappa shape index (κ3) is 4.33. The van der Waals surface area contributed by atoms with Gasteiger partial charge in [-0.15, -0.1) is 0 Å². The fraction of sp³-hybridized carbons (Fsp3) is 0. The van der Waals surface area contributed by atoms with E-state index in [9.17, 15) is 9.90 Å². The second kappa shape index (κ2) is 8.67. The number of phenols is 1. The molecule has 0 saturated carbocycles. The number of para-hydroxylation sites is 1. The van der Waals surface area contributed by atoms with Crippen LogP contribution in [0.1, 0.15) is 10.4 Å². The van der Waals surface area contributed by atoms with Crippen molar-refractivity contribution in [2.75, 3.05) is 0 Å². The average molecular weight is 400 g/mol. The van der Waals surface area contributed by atoms with Gasteiger partial charge in [0, 0.05) is 0 Å². The van der Waals surface area contributed by atoms with Gasteiger partial charge in [0.25, 0.3) is 0 Å². The number of carbonyl (C=O) groups excluding carboxylic acids is 1. The summed E-state index contributed by atoms with van der Waals surface area (Å²) in [5.41, 5.74) is 0.145. The average Bonchev–Trinajstić information content (AvgIpc) is 2.76. The molecule has 0 aliphatic heterocycles. The SMILES string of the molecule is O=C(Oc1cccc([SH](c2ccccc2)c2ccccc2)c1)c1ccccc1O. The number of esters is 1. The van der Waals surface area contributed by atoms with Crippen LogP contribution in [0.25, 0.3) is 0 Å². The summed E-state index contributed by atoms with van der Waals surface area (Å²) in [6, 6.07) is 34.6. The van der Waals surface area contributed by atoms with Gasteiger partial charge < -0.3 is 9.84 Å². The molecular weight excluding hydrogens is 380 g/mol. The molecule has 0 spiro atoms. The van der Waals surface area contributed by atoms with Crippen LogP contribution in [0.3, 0.4) is 0 Å². The lowest BCUT2D eigenvalue weighted by molar-refractivity contribution is 0.0731. The Kier molecular flexibility index (Phi) is 5.63. The van der Waals surface area contributed by atoms with Crippen LogP contribution in [0.5, 0.6) is 11.5 Å². The zero-order valence-electron chi connectivity index (χ0n) is 15.6. The first-order chi connectivity index (χ1) is 14.2. The molecule has 3 nitrogen and oxygen atoms in total. The first kappa shape index (κ1) is 18.8. The van der Waals surface area contributed by atoms with Gasteiger partial charge >= 0.3 is 5.97 Å². The van der Waals surface area contributed by atoms with Crippen molar-refractivity contribution in [3.63, 3.8) is 0 Å². The summed E-state index contributed by atoms with van der Waals surface area (Å²) < 4.78 is 5.56. The maximum atomic E-state index is 12.5. The maximum absolute atomic E-state index is 12.5. The summed E-state index contributed by atoms with van der Waals surface area (Å²) in [6.45, 7) is 0. The first-order valence-corrected chi connectivity index (χ1v) is 10.6. The number of hydrogen-bond donors (Lipinski definition) is 2. The van der Waals surface area contributed by atoms with Crippen LogP contribution < -0.4 is 4.74 Å². The fourth-order valence-electron chi connectivity index (χ4n) is 3.10. The second-order valence-electron chi connectivity index (χ2n) is 6.41. The minimum absolute atomic E-state index is 0.0931. The Balaban J connectivity index is 1.69. The third-order valence-electron chi connectivity index (χ3n) is 4.44. The number of aromatic hydroxyl groups is 1. The number of phenolic OH excluding ortho intramolecular Hbond substituents is 1. The van der Waals surface area contributed by atoms with Crippen LogP contribution in [0.15, 0.2) is 124 Å². The monoisotopic (exact) mass is 400 g/mol. The Morgan fingerprint density at radius 3 is 1.83 bits per heavy atom. The molecule has 29 heavy (non-hydrogen) atoms. The predicted octanol–water partition coefficient (Wildman–Crippen LogP) is 6.09. The third-order valence-corrected chi connectivity index (χ3v) is 6.86. The Labute approximate surface area is 172 Å². The van der Waals surface area contributed by atoms with Gasteiger partial charge in [-0.3, -0.25) is 0 Å². The van der Waals surface area contributed by atoms with Crippen LogP contribution >= 0.6 is 10.9 Å². The van der Waals surface area contributed by atoms with E-state index < -0.39 is 16.9 Å². The number of ether oxygens (including phenoxy) is 1. The number of hydrogen-bond acceptors (Lipinski definition) is 3. The molecule has 0 aliphatic rings. The first-order valence-electron chi connectivity index (χ1n) is 9.23. The zero-order chi connectivity index (χ0) is 20.1. The number of benzene rings is 4. The van der Waals surface area contributed by atoms with E-state index in [0.29, 0.717) is 5.75 Å². The standard InChI is InChI=1S/C25H20O3S/c26-24-17-8-7-16-23(24)25(27)28-19-10-9-15-22(18-19)29(20-11-3-1-4-12-20)21-13-5-2-6-14-21/h1-18,26,29H. The molecule has 0 atom stereocenters. The summed E-state index contributed by atoms with van der Waals surface area (Å²) in [5, 5.41) is 9.90. The largest absolute Gasteiger partial charge is 0.507 e. The summed E-state index contributed by atoms with van der Waals surface area (Å²) in [7, 11) is -0.788. The van der Waals surface area contributed by atoms with Crippen molar-refractivity contribution < 1.29 is 14.6 Å². The van der Waals surface area contributed by atoms with Gasteiger partial charge in [0.05, 0.1) is 0 Å². The number of thiol groups is 1. The van der Waals surface area contributed by atoms with Crippen molar-refractivity contribution >= 4 is 16.9 Å². The number of carbonyl (C=O) groups is 1. The van der Waals surface area contributed by atoms with Gasteiger partial charge in [-0.05, 0) is 69.3 Å². The molecule has 4 aromatic carbocycles. The van der Waals surface area contributed by atoms with Crippen molar-refractivity contribution in [3.05, 3.63) is 115 Å². The van der Waals surface area contributed by atoms with Crippen LogP contribution in [0.2, 0.25) is 0 Å². The maximum Gasteiger partial charge on any atom is 0.347 e. The van der Waals surface area contributed by atoms with Crippen molar-refractivity contribution in [3.8, 4) is 11.5 Å². The fourth-order valence-corrected chi connectivity index (χ4v) is 5.42. The van der Waals surface area contributed by atoms with Gasteiger partial charge in [0.15, 0.2) is 0 Å². The molecule has 144 valence electrons. The highest BCUT2D eigenvalue weighted by Gasteiger charge is 2.16. The molecule has 0 amide bonds. The molecule has 4 aromatic rings. The lowest BCUT2D eigenvalue weighted by Gasteiger charge is -2.23. The molecule has 0 radical (unpaired) electrons. The molecule has 0 heterocycles. The van der Waals surface area contributed by atoms with E-state index in [-0.39, 0.29) is 11.3 Å². The van der Waals surface area contributed by atoms with Gasteiger partial charge in [-0.2, -0.15) is 10.9 Å². The molecule has 4 rings (SSSR count). The van der Waals surface area contributed by atoms with Crippen molar-refractivity contribution in [1.82, 2.24) is 0 Å². The topological polar surface area (TPSA) is 46.5 Å². The van der Waals surface area contributed by atoms with Gasteiger partial charge in [0.2, 0.25) is 0 Å². The minimum Gasteiger partial charge on any atom is -0.507 e. The quantitative estimate of drug-likeness (QED) is 0.242. The van der Waals surface area contributed by atoms with Crippen LogP contribution in [0, 0.1) is 0 Å². The Bertz CT molecular complexity index is 1070. The molecule has 0 aromatic heterocycles. The zero-order valence-corrected chi connectivity index (χ0v) is 16.5. The normalized spacial score (nSPS) is 11.0. The molecule has 0 bridgehead atoms. The van der Waals surface area contributed by atoms with E-state index in [1.54, 1.807) is 24.3 Å². The van der Waals surface area contributed by atoms with Crippen molar-refractivity contribution in [2.45, 2.75) is 14.7 Å². The van der Waals surface area contributed by atoms with Crippen molar-refractivity contribution in [1.29, 1.82) is 0 Å². The molecule has 0 fully saturated rings. The minimum atomic E-state index is -0.788. The van der Waals surface area contributed by atoms with E-state index in [1.165, 1.54) is 15.9 Å². The highest BCUT2D eigenvalue weighted by Crippen LogP contribution is 2.51. The number of rotatable bonds is 5. The van der Waals surface area contributed by atoms with E-state index >= 15 is 0 Å². The molecular formula is C25H20O3S. The van der Waals surface area contributed by atoms with E-state index in [1.807, 2.05) is 48.5 Å².